The highest BCUT2D eigenvalue weighted by atomic mass is 31.2. The molecule has 1 aromatic heterocycles. The summed E-state index contributed by atoms with van der Waals surface area (Å²) in [5.74, 6) is 1.18. The van der Waals surface area contributed by atoms with Crippen LogP contribution in [0.1, 0.15) is 146 Å². The molecule has 0 amide bonds. The van der Waals surface area contributed by atoms with E-state index in [1.807, 2.05) is 33.3 Å². The summed E-state index contributed by atoms with van der Waals surface area (Å²) in [7, 11) is 1.32. The average molecular weight is 837 g/mol. The number of hydrogen-bond donors (Lipinski definition) is 2. The summed E-state index contributed by atoms with van der Waals surface area (Å²) in [6.45, 7) is 8.30. The smallest absolute Gasteiger partial charge is 0.466 e. The van der Waals surface area contributed by atoms with Gasteiger partial charge in [0.25, 0.3) is 0 Å². The lowest BCUT2D eigenvalue weighted by molar-refractivity contribution is -0.870. The number of carbonyl (C=O) groups is 2. The number of ether oxygens (including phenoxy) is 2. The van der Waals surface area contributed by atoms with E-state index < -0.39 is 38.6 Å². The summed E-state index contributed by atoms with van der Waals surface area (Å²) in [6, 6.07) is 0. The van der Waals surface area contributed by atoms with Crippen molar-refractivity contribution in [3.05, 3.63) is 71.3 Å². The van der Waals surface area contributed by atoms with Crippen LogP contribution in [-0.4, -0.2) is 86.1 Å². The minimum atomic E-state index is -4.44. The van der Waals surface area contributed by atoms with E-state index in [0.717, 1.165) is 82.1 Å². The van der Waals surface area contributed by atoms with Crippen LogP contribution in [0.25, 0.3) is 0 Å². The maximum Gasteiger partial charge on any atom is 0.472 e. The molecular weight excluding hydrogens is 757 g/mol. The third-order valence-electron chi connectivity index (χ3n) is 9.64. The van der Waals surface area contributed by atoms with E-state index in [1.165, 1.54) is 30.4 Å². The zero-order chi connectivity index (χ0) is 43.1. The second-order valence-corrected chi connectivity index (χ2v) is 17.6. The van der Waals surface area contributed by atoms with Crippen LogP contribution < -0.4 is 0 Å². The van der Waals surface area contributed by atoms with Crippen molar-refractivity contribution >= 4 is 19.8 Å². The summed E-state index contributed by atoms with van der Waals surface area (Å²) < 4.78 is 40.3. The lowest BCUT2D eigenvalue weighted by Crippen LogP contribution is -2.37. The molecule has 0 aliphatic carbocycles. The quantitative estimate of drug-likeness (QED) is 0.0169. The van der Waals surface area contributed by atoms with Gasteiger partial charge in [0.05, 0.1) is 33.9 Å². The van der Waals surface area contributed by atoms with Crippen LogP contribution in [0.2, 0.25) is 0 Å². The maximum atomic E-state index is 12.7. The number of quaternary nitrogens is 1. The lowest BCUT2D eigenvalue weighted by atomic mass is 10.0. The van der Waals surface area contributed by atoms with Gasteiger partial charge in [-0.15, -0.1) is 0 Å². The van der Waals surface area contributed by atoms with Gasteiger partial charge in [-0.1, -0.05) is 101 Å². The fourth-order valence-corrected chi connectivity index (χ4v) is 6.67. The summed E-state index contributed by atoms with van der Waals surface area (Å²) >= 11 is 0. The first-order chi connectivity index (χ1) is 27.7. The number of phosphoric ester groups is 1. The van der Waals surface area contributed by atoms with Crippen molar-refractivity contribution in [2.45, 2.75) is 162 Å². The summed E-state index contributed by atoms with van der Waals surface area (Å²) in [5.41, 5.74) is 2.56. The van der Waals surface area contributed by atoms with Crippen molar-refractivity contribution in [3.8, 4) is 0 Å². The van der Waals surface area contributed by atoms with Crippen molar-refractivity contribution < 1.29 is 51.6 Å². The van der Waals surface area contributed by atoms with Crippen LogP contribution >= 0.6 is 7.82 Å². The largest absolute Gasteiger partial charge is 0.472 e. The molecule has 1 heterocycles. The molecule has 0 saturated heterocycles. The molecule has 1 aromatic rings. The van der Waals surface area contributed by atoms with Gasteiger partial charge in [0, 0.05) is 25.7 Å². The van der Waals surface area contributed by atoms with Crippen molar-refractivity contribution in [2.24, 2.45) is 0 Å². The molecule has 0 bridgehead atoms. The predicted molar refractivity (Wildman–Crippen MR) is 233 cm³/mol. The number of unbranched alkanes of at least 4 members (excludes halogenated alkanes) is 8. The minimum absolute atomic E-state index is 0.000468. The van der Waals surface area contributed by atoms with Crippen molar-refractivity contribution in [1.82, 2.24) is 0 Å². The number of aliphatic hydroxyl groups is 1. The Kier molecular flexibility index (Phi) is 29.4. The number of furan rings is 1. The molecule has 0 fully saturated rings. The number of carbonyl (C=O) groups excluding carboxylic acids is 2. The van der Waals surface area contributed by atoms with Gasteiger partial charge in [0.1, 0.15) is 31.3 Å². The van der Waals surface area contributed by atoms with Crippen LogP contribution in [0.4, 0.5) is 0 Å². The van der Waals surface area contributed by atoms with Gasteiger partial charge in [0.2, 0.25) is 0 Å². The predicted octanol–water partition coefficient (Wildman–Crippen LogP) is 10.5. The highest BCUT2D eigenvalue weighted by Crippen LogP contribution is 2.43. The molecule has 1 unspecified atom stereocenters. The number of rotatable bonds is 35. The van der Waals surface area contributed by atoms with Crippen LogP contribution in [-0.2, 0) is 45.5 Å². The second kappa shape index (κ2) is 32.0. The topological polar surface area (TPSA) is 142 Å². The monoisotopic (exact) mass is 837 g/mol. The minimum Gasteiger partial charge on any atom is -0.466 e. The molecule has 0 aromatic carbocycles. The normalized spacial score (nSPS) is 14.6. The van der Waals surface area contributed by atoms with Crippen LogP contribution in [0, 0.1) is 13.8 Å². The molecule has 0 saturated carbocycles. The Morgan fingerprint density at radius 2 is 1.38 bits per heavy atom. The number of phosphoric acid groups is 1. The van der Waals surface area contributed by atoms with Gasteiger partial charge < -0.3 is 28.4 Å². The highest BCUT2D eigenvalue weighted by Gasteiger charge is 2.27. The molecule has 3 atom stereocenters. The van der Waals surface area contributed by atoms with E-state index in [4.69, 9.17) is 22.9 Å². The zero-order valence-electron chi connectivity index (χ0n) is 37.1. The number of nitrogens with zero attached hydrogens (tertiary/aromatic N) is 1. The van der Waals surface area contributed by atoms with E-state index in [2.05, 4.69) is 52.0 Å². The Morgan fingerprint density at radius 1 is 0.741 bits per heavy atom. The van der Waals surface area contributed by atoms with E-state index in [0.29, 0.717) is 30.3 Å². The maximum absolute atomic E-state index is 12.7. The van der Waals surface area contributed by atoms with Gasteiger partial charge >= 0.3 is 19.8 Å². The van der Waals surface area contributed by atoms with Crippen molar-refractivity contribution in [1.29, 1.82) is 0 Å². The number of aryl methyl sites for hydroxylation is 2. The third-order valence-corrected chi connectivity index (χ3v) is 10.6. The van der Waals surface area contributed by atoms with Crippen LogP contribution in [0.15, 0.2) is 53.0 Å². The molecule has 0 spiro atoms. The van der Waals surface area contributed by atoms with Crippen molar-refractivity contribution in [3.63, 3.8) is 0 Å². The first-order valence-electron chi connectivity index (χ1n) is 21.8. The van der Waals surface area contributed by atoms with Gasteiger partial charge in [0.15, 0.2) is 6.10 Å². The number of aliphatic hydroxyl groups excluding tert-OH is 1. The molecule has 0 radical (unpaired) electrons. The van der Waals surface area contributed by atoms with E-state index in [1.54, 1.807) is 12.2 Å². The first-order valence-corrected chi connectivity index (χ1v) is 23.3. The zero-order valence-corrected chi connectivity index (χ0v) is 38.0. The van der Waals surface area contributed by atoms with E-state index in [-0.39, 0.29) is 26.1 Å². The molecule has 332 valence electrons. The second-order valence-electron chi connectivity index (χ2n) is 16.2. The SMILES string of the molecule is CCCCC/C=C\C/C=C\C/C=C\C=C\[C@H](O)CCCC(=O)O[C@H](COC(=O)CCCCCCCCc1oc(CCC)c(C)c1C)COP(=O)(O)OCC[N+](C)(C)C. The van der Waals surface area contributed by atoms with E-state index >= 15 is 0 Å². The number of likely N-dealkylation sites (N-methyl/N-ethyl adjacent to an activating group) is 1. The Morgan fingerprint density at radius 3 is 2.07 bits per heavy atom. The standard InChI is InChI=1S/C46H78NO10P/c1-8-10-11-12-13-14-15-16-17-18-19-22-25-30-41(48)31-28-34-46(50)56-42(38-55-58(51,52)54-36-35-47(5,6)7)37-53-45(49)33-27-24-21-20-23-26-32-44-40(4)39(3)43(57-44)29-9-2/h13-14,16-17,19,22,25,30,41-42,48H,8-12,15,18,20-21,23-24,26-29,31-38H2,1-7H3/p+1/b14-13-,17-16-,22-19-,30-25+/t41-,42+/m0/s1. The van der Waals surface area contributed by atoms with Crippen molar-refractivity contribution in [2.75, 3.05) is 47.5 Å². The molecule has 0 aliphatic heterocycles. The Labute approximate surface area is 351 Å². The van der Waals surface area contributed by atoms with Gasteiger partial charge in [-0.25, -0.2) is 4.57 Å². The number of allylic oxidation sites excluding steroid dienone is 7. The molecule has 0 aliphatic rings. The van der Waals surface area contributed by atoms with Crippen LogP contribution in [0.5, 0.6) is 0 Å². The molecule has 58 heavy (non-hydrogen) atoms. The highest BCUT2D eigenvalue weighted by molar-refractivity contribution is 7.47. The number of hydrogen-bond acceptors (Lipinski definition) is 9. The fourth-order valence-electron chi connectivity index (χ4n) is 5.93. The van der Waals surface area contributed by atoms with E-state index in [9.17, 15) is 24.2 Å². The first kappa shape index (κ1) is 53.2. The summed E-state index contributed by atoms with van der Waals surface area (Å²) in [5, 5.41) is 10.3. The molecular formula is C46H79NO10P+. The fraction of sp³-hybridized carbons (Fsp3) is 0.696. The molecule has 2 N–H and O–H groups in total. The molecule has 11 nitrogen and oxygen atoms in total. The Bertz CT molecular complexity index is 1420. The van der Waals surface area contributed by atoms with Gasteiger partial charge in [-0.3, -0.25) is 18.6 Å². The average Bonchev–Trinajstić information content (AvgIpc) is 3.42. The number of esters is 2. The van der Waals surface area contributed by atoms with Crippen LogP contribution in [0.3, 0.4) is 0 Å². The molecule has 12 heteroatoms. The third kappa shape index (κ3) is 28.6. The van der Waals surface area contributed by atoms with Gasteiger partial charge in [-0.2, -0.15) is 0 Å². The Hall–Kier alpha value is -2.79. The molecule has 1 rings (SSSR count). The summed E-state index contributed by atoms with van der Waals surface area (Å²) in [4.78, 5) is 35.5. The lowest BCUT2D eigenvalue weighted by Gasteiger charge is -2.24. The Balaban J connectivity index is 2.46. The van der Waals surface area contributed by atoms with Gasteiger partial charge in [-0.05, 0) is 82.8 Å². The summed E-state index contributed by atoms with van der Waals surface area (Å²) in [6.07, 6.45) is 30.5.